The number of anilines is 1. The van der Waals surface area contributed by atoms with Crippen LogP contribution in [-0.4, -0.2) is 30.8 Å². The van der Waals surface area contributed by atoms with E-state index in [0.717, 1.165) is 17.3 Å². The van der Waals surface area contributed by atoms with E-state index in [-0.39, 0.29) is 5.75 Å². The number of sulfone groups is 1. The molecule has 0 aliphatic rings. The van der Waals surface area contributed by atoms with Crippen LogP contribution in [0.25, 0.3) is 0 Å². The summed E-state index contributed by atoms with van der Waals surface area (Å²) < 4.78 is 24.1. The molecule has 1 aromatic rings. The molecule has 0 aromatic carbocycles. The third kappa shape index (κ3) is 6.68. The van der Waals surface area contributed by atoms with Gasteiger partial charge in [-0.1, -0.05) is 19.8 Å². The Morgan fingerprint density at radius 3 is 2.68 bits per heavy atom. The molecule has 0 saturated heterocycles. The van der Waals surface area contributed by atoms with Gasteiger partial charge in [0.15, 0.2) is 9.84 Å². The van der Waals surface area contributed by atoms with Gasteiger partial charge in [0.25, 0.3) is 0 Å². The Hall–Kier alpha value is -0.950. The van der Waals surface area contributed by atoms with Crippen LogP contribution in [0.3, 0.4) is 0 Å². The second-order valence-corrected chi connectivity index (χ2v) is 7.31. The Morgan fingerprint density at radius 1 is 1.37 bits per heavy atom. The summed E-state index contributed by atoms with van der Waals surface area (Å²) >= 11 is 3.22. The van der Waals surface area contributed by atoms with Gasteiger partial charge in [-0.3, -0.25) is 4.79 Å². The number of pyridine rings is 1. The Balaban J connectivity index is 2.48. The topological polar surface area (TPSA) is 76.1 Å². The summed E-state index contributed by atoms with van der Waals surface area (Å²) in [5, 5.41) is 2.47. The molecule has 1 N–H and O–H groups in total. The number of carbonyl (C=O) groups excluding carboxylic acids is 1. The van der Waals surface area contributed by atoms with Crippen LogP contribution in [0.15, 0.2) is 22.8 Å². The number of rotatable bonds is 7. The van der Waals surface area contributed by atoms with Crippen LogP contribution >= 0.6 is 15.9 Å². The molecule has 0 atom stereocenters. The zero-order chi connectivity index (χ0) is 14.3. The fourth-order valence-corrected chi connectivity index (χ4v) is 2.97. The normalized spacial score (nSPS) is 11.3. The highest BCUT2D eigenvalue weighted by Crippen LogP contribution is 2.10. The van der Waals surface area contributed by atoms with E-state index in [9.17, 15) is 13.2 Å². The first-order valence-electron chi connectivity index (χ1n) is 6.05. The lowest BCUT2D eigenvalue weighted by molar-refractivity contribution is -0.113. The van der Waals surface area contributed by atoms with Gasteiger partial charge in [-0.25, -0.2) is 13.4 Å². The number of hydrogen-bond donors (Lipinski definition) is 1. The molecule has 106 valence electrons. The van der Waals surface area contributed by atoms with Gasteiger partial charge in [0.1, 0.15) is 11.6 Å². The lowest BCUT2D eigenvalue weighted by Gasteiger charge is -2.05. The third-order valence-electron chi connectivity index (χ3n) is 2.40. The fraction of sp³-hybridized carbons (Fsp3) is 0.500. The zero-order valence-corrected chi connectivity index (χ0v) is 13.1. The van der Waals surface area contributed by atoms with Crippen molar-refractivity contribution in [3.63, 3.8) is 0 Å². The third-order valence-corrected chi connectivity index (χ3v) is 4.49. The van der Waals surface area contributed by atoms with Crippen LogP contribution in [0.4, 0.5) is 5.82 Å². The highest BCUT2D eigenvalue weighted by molar-refractivity contribution is 9.10. The minimum absolute atomic E-state index is 0.0576. The first-order valence-corrected chi connectivity index (χ1v) is 8.66. The average Bonchev–Trinajstić information content (AvgIpc) is 2.31. The van der Waals surface area contributed by atoms with Crippen molar-refractivity contribution >= 4 is 37.5 Å². The number of nitrogens with zero attached hydrogens (tertiary/aromatic N) is 1. The van der Waals surface area contributed by atoms with E-state index in [1.54, 1.807) is 12.1 Å². The summed E-state index contributed by atoms with van der Waals surface area (Å²) in [5.74, 6) is -0.639. The average molecular weight is 349 g/mol. The molecular weight excluding hydrogens is 332 g/mol. The molecule has 1 amide bonds. The number of hydrogen-bond acceptors (Lipinski definition) is 4. The molecule has 7 heteroatoms. The first kappa shape index (κ1) is 16.1. The van der Waals surface area contributed by atoms with Gasteiger partial charge in [-0.05, 0) is 34.5 Å². The van der Waals surface area contributed by atoms with Gasteiger partial charge in [-0.2, -0.15) is 0 Å². The molecule has 0 fully saturated rings. The van der Waals surface area contributed by atoms with Crippen molar-refractivity contribution in [2.45, 2.75) is 26.2 Å². The molecule has 0 aliphatic heterocycles. The molecule has 19 heavy (non-hydrogen) atoms. The SMILES string of the molecule is CCCCCS(=O)(=O)CC(=O)Nc1ccc(Br)cn1. The summed E-state index contributed by atoms with van der Waals surface area (Å²) in [4.78, 5) is 15.6. The van der Waals surface area contributed by atoms with Crippen molar-refractivity contribution in [1.82, 2.24) is 4.98 Å². The maximum Gasteiger partial charge on any atom is 0.240 e. The number of halogens is 1. The first-order chi connectivity index (χ1) is 8.93. The summed E-state index contributed by atoms with van der Waals surface area (Å²) in [6, 6.07) is 3.32. The number of amides is 1. The second kappa shape index (κ2) is 7.59. The van der Waals surface area contributed by atoms with Crippen LogP contribution in [0.1, 0.15) is 26.2 Å². The predicted octanol–water partition coefficient (Wildman–Crippen LogP) is 2.39. The van der Waals surface area contributed by atoms with E-state index in [2.05, 4.69) is 26.2 Å². The zero-order valence-electron chi connectivity index (χ0n) is 10.7. The van der Waals surface area contributed by atoms with E-state index < -0.39 is 21.5 Å². The Kier molecular flexibility index (Phi) is 6.44. The highest BCUT2D eigenvalue weighted by Gasteiger charge is 2.16. The smallest absolute Gasteiger partial charge is 0.240 e. The van der Waals surface area contributed by atoms with E-state index in [1.807, 2.05) is 6.92 Å². The molecular formula is C12H17BrN2O3S. The quantitative estimate of drug-likeness (QED) is 0.767. The Bertz CT molecular complexity index is 514. The summed E-state index contributed by atoms with van der Waals surface area (Å²) in [5.41, 5.74) is 0. The molecule has 5 nitrogen and oxygen atoms in total. The standard InChI is InChI=1S/C12H17BrN2O3S/c1-2-3-4-7-19(17,18)9-12(16)15-11-6-5-10(13)8-14-11/h5-6,8H,2-4,7,9H2,1H3,(H,14,15,16). The van der Waals surface area contributed by atoms with Gasteiger partial charge in [0.05, 0.1) is 5.75 Å². The highest BCUT2D eigenvalue weighted by atomic mass is 79.9. The van der Waals surface area contributed by atoms with E-state index in [0.29, 0.717) is 12.2 Å². The molecule has 1 heterocycles. The maximum absolute atomic E-state index is 11.7. The molecule has 1 aromatic heterocycles. The number of carbonyl (C=O) groups is 1. The monoisotopic (exact) mass is 348 g/mol. The molecule has 0 saturated carbocycles. The maximum atomic E-state index is 11.7. The minimum Gasteiger partial charge on any atom is -0.310 e. The van der Waals surface area contributed by atoms with Gasteiger partial charge >= 0.3 is 0 Å². The van der Waals surface area contributed by atoms with Crippen LogP contribution < -0.4 is 5.32 Å². The van der Waals surface area contributed by atoms with Crippen molar-refractivity contribution in [1.29, 1.82) is 0 Å². The number of unbranched alkanes of at least 4 members (excludes halogenated alkanes) is 2. The number of nitrogens with one attached hydrogen (secondary N) is 1. The summed E-state index contributed by atoms with van der Waals surface area (Å²) in [6.45, 7) is 2.00. The Labute approximate surface area is 121 Å². The molecule has 0 spiro atoms. The van der Waals surface area contributed by atoms with Gasteiger partial charge in [0, 0.05) is 10.7 Å². The van der Waals surface area contributed by atoms with E-state index in [4.69, 9.17) is 0 Å². The molecule has 1 rings (SSSR count). The fourth-order valence-electron chi connectivity index (χ4n) is 1.47. The lowest BCUT2D eigenvalue weighted by Crippen LogP contribution is -2.25. The van der Waals surface area contributed by atoms with Gasteiger partial charge in [0.2, 0.25) is 5.91 Å². The van der Waals surface area contributed by atoms with Crippen molar-refractivity contribution in [2.75, 3.05) is 16.8 Å². The number of aromatic nitrogens is 1. The summed E-state index contributed by atoms with van der Waals surface area (Å²) in [7, 11) is -3.33. The Morgan fingerprint density at radius 2 is 2.11 bits per heavy atom. The molecule has 0 bridgehead atoms. The van der Waals surface area contributed by atoms with Gasteiger partial charge in [-0.15, -0.1) is 0 Å². The van der Waals surface area contributed by atoms with Crippen LogP contribution in [0, 0.1) is 0 Å². The molecule has 0 unspecified atom stereocenters. The van der Waals surface area contributed by atoms with Crippen molar-refractivity contribution < 1.29 is 13.2 Å². The minimum atomic E-state index is -3.33. The molecule has 0 aliphatic carbocycles. The van der Waals surface area contributed by atoms with Crippen LogP contribution in [-0.2, 0) is 14.6 Å². The van der Waals surface area contributed by atoms with Crippen molar-refractivity contribution in [3.05, 3.63) is 22.8 Å². The van der Waals surface area contributed by atoms with Crippen molar-refractivity contribution in [3.8, 4) is 0 Å². The molecule has 0 radical (unpaired) electrons. The largest absolute Gasteiger partial charge is 0.310 e. The second-order valence-electron chi connectivity index (χ2n) is 4.21. The van der Waals surface area contributed by atoms with E-state index >= 15 is 0 Å². The van der Waals surface area contributed by atoms with Gasteiger partial charge < -0.3 is 5.32 Å². The lowest BCUT2D eigenvalue weighted by atomic mass is 10.3. The summed E-state index contributed by atoms with van der Waals surface area (Å²) in [6.07, 6.45) is 3.94. The van der Waals surface area contributed by atoms with Crippen molar-refractivity contribution in [2.24, 2.45) is 0 Å². The van der Waals surface area contributed by atoms with Crippen LogP contribution in [0.2, 0.25) is 0 Å². The predicted molar refractivity (Wildman–Crippen MR) is 78.7 cm³/mol. The van der Waals surface area contributed by atoms with E-state index in [1.165, 1.54) is 6.20 Å². The van der Waals surface area contributed by atoms with Crippen LogP contribution in [0.5, 0.6) is 0 Å².